The fourth-order valence-corrected chi connectivity index (χ4v) is 4.13. The van der Waals surface area contributed by atoms with Crippen LogP contribution in [0.4, 0.5) is 0 Å². The lowest BCUT2D eigenvalue weighted by molar-refractivity contribution is 0.135. The minimum absolute atomic E-state index is 0.0294. The highest BCUT2D eigenvalue weighted by Gasteiger charge is 2.30. The van der Waals surface area contributed by atoms with Crippen molar-refractivity contribution < 1.29 is 13.2 Å². The number of hydrogen-bond donors (Lipinski definition) is 0. The van der Waals surface area contributed by atoms with Gasteiger partial charge in [-0.05, 0) is 37.1 Å². The number of rotatable bonds is 4. The van der Waals surface area contributed by atoms with Gasteiger partial charge < -0.3 is 4.74 Å². The fourth-order valence-electron chi connectivity index (χ4n) is 2.67. The highest BCUT2D eigenvalue weighted by Crippen LogP contribution is 2.23. The Morgan fingerprint density at radius 3 is 2.46 bits per heavy atom. The van der Waals surface area contributed by atoms with Gasteiger partial charge >= 0.3 is 0 Å². The van der Waals surface area contributed by atoms with E-state index in [4.69, 9.17) is 10.00 Å². The molecule has 2 heterocycles. The summed E-state index contributed by atoms with van der Waals surface area (Å²) in [4.78, 5) is 0.219. The van der Waals surface area contributed by atoms with Gasteiger partial charge in [0.05, 0.1) is 17.8 Å². The summed E-state index contributed by atoms with van der Waals surface area (Å²) in [7, 11) is -1.80. The second-order valence-corrected chi connectivity index (χ2v) is 7.65. The molecule has 1 aromatic carbocycles. The van der Waals surface area contributed by atoms with Crippen molar-refractivity contribution in [2.75, 3.05) is 13.1 Å². The van der Waals surface area contributed by atoms with Gasteiger partial charge in [-0.3, -0.25) is 4.68 Å². The third-order valence-corrected chi connectivity index (χ3v) is 5.86. The van der Waals surface area contributed by atoms with E-state index in [0.717, 1.165) is 0 Å². The molecule has 1 aliphatic rings. The summed E-state index contributed by atoms with van der Waals surface area (Å²) in [5.41, 5.74) is 0.583. The highest BCUT2D eigenvalue weighted by molar-refractivity contribution is 7.89. The number of aromatic nitrogens is 2. The Kier molecular flexibility index (Phi) is 4.55. The number of ether oxygens (including phenoxy) is 1. The first-order valence-corrected chi connectivity index (χ1v) is 9.08. The van der Waals surface area contributed by atoms with Crippen molar-refractivity contribution >= 4 is 10.0 Å². The van der Waals surface area contributed by atoms with Crippen LogP contribution in [0.2, 0.25) is 0 Å². The van der Waals surface area contributed by atoms with Crippen LogP contribution < -0.4 is 4.74 Å². The lowest BCUT2D eigenvalue weighted by Gasteiger charge is -2.31. The maximum atomic E-state index is 12.5. The molecule has 3 rings (SSSR count). The van der Waals surface area contributed by atoms with Crippen LogP contribution in [-0.2, 0) is 17.1 Å². The predicted octanol–water partition coefficient (Wildman–Crippen LogP) is 1.52. The number of nitrogens with zero attached hydrogens (tertiary/aromatic N) is 4. The minimum Gasteiger partial charge on any atom is -0.490 e. The first-order valence-electron chi connectivity index (χ1n) is 7.64. The zero-order valence-corrected chi connectivity index (χ0v) is 14.1. The van der Waals surface area contributed by atoms with E-state index < -0.39 is 10.0 Å². The number of sulfonamides is 1. The van der Waals surface area contributed by atoms with E-state index in [1.54, 1.807) is 31.3 Å². The summed E-state index contributed by atoms with van der Waals surface area (Å²) in [6.07, 6.45) is 4.10. The third kappa shape index (κ3) is 3.42. The monoisotopic (exact) mass is 346 g/mol. The van der Waals surface area contributed by atoms with Crippen molar-refractivity contribution in [3.05, 3.63) is 42.2 Å². The standard InChI is InChI=1S/C16H18N4O3S/c1-19-12-16(11-18-19)24(21,22)20-8-6-15(7-9-20)23-14-4-2-13(10-17)3-5-14/h2-5,11-12,15H,6-9H2,1H3. The maximum absolute atomic E-state index is 12.5. The van der Waals surface area contributed by atoms with Crippen LogP contribution in [0.1, 0.15) is 18.4 Å². The summed E-state index contributed by atoms with van der Waals surface area (Å²) < 4.78 is 33.9. The average Bonchev–Trinajstić information content (AvgIpc) is 3.03. The molecule has 1 aromatic heterocycles. The molecular formula is C16H18N4O3S. The number of nitriles is 1. The van der Waals surface area contributed by atoms with Gasteiger partial charge in [0.1, 0.15) is 16.7 Å². The molecule has 1 saturated heterocycles. The SMILES string of the molecule is Cn1cc(S(=O)(=O)N2CCC(Oc3ccc(C#N)cc3)CC2)cn1. The zero-order chi connectivity index (χ0) is 17.2. The van der Waals surface area contributed by atoms with E-state index in [0.29, 0.717) is 37.2 Å². The van der Waals surface area contributed by atoms with Crippen molar-refractivity contribution in [2.24, 2.45) is 7.05 Å². The van der Waals surface area contributed by atoms with E-state index in [2.05, 4.69) is 11.2 Å². The van der Waals surface area contributed by atoms with Crippen molar-refractivity contribution in [3.63, 3.8) is 0 Å². The van der Waals surface area contributed by atoms with Gasteiger partial charge in [-0.25, -0.2) is 8.42 Å². The highest BCUT2D eigenvalue weighted by atomic mass is 32.2. The minimum atomic E-state index is -3.49. The van der Waals surface area contributed by atoms with Crippen LogP contribution in [0.25, 0.3) is 0 Å². The van der Waals surface area contributed by atoms with Gasteiger partial charge in [-0.2, -0.15) is 14.7 Å². The molecule has 7 nitrogen and oxygen atoms in total. The Morgan fingerprint density at radius 2 is 1.92 bits per heavy atom. The average molecular weight is 346 g/mol. The summed E-state index contributed by atoms with van der Waals surface area (Å²) >= 11 is 0. The summed E-state index contributed by atoms with van der Waals surface area (Å²) in [5, 5.41) is 12.7. The molecule has 8 heteroatoms. The van der Waals surface area contributed by atoms with Crippen molar-refractivity contribution in [3.8, 4) is 11.8 Å². The first kappa shape index (κ1) is 16.5. The van der Waals surface area contributed by atoms with E-state index >= 15 is 0 Å². The lowest BCUT2D eigenvalue weighted by atomic mass is 10.1. The smallest absolute Gasteiger partial charge is 0.246 e. The molecule has 2 aromatic rings. The molecule has 1 aliphatic heterocycles. The molecule has 0 spiro atoms. The molecule has 0 atom stereocenters. The molecule has 0 amide bonds. The molecule has 0 unspecified atom stereocenters. The number of aryl methyl sites for hydroxylation is 1. The Balaban J connectivity index is 1.60. The summed E-state index contributed by atoms with van der Waals surface area (Å²) in [6, 6.07) is 9.00. The van der Waals surface area contributed by atoms with E-state index in [9.17, 15) is 8.42 Å². The van der Waals surface area contributed by atoms with Crippen LogP contribution >= 0.6 is 0 Å². The molecule has 0 bridgehead atoms. The van der Waals surface area contributed by atoms with Crippen LogP contribution in [0.5, 0.6) is 5.75 Å². The fraction of sp³-hybridized carbons (Fsp3) is 0.375. The molecule has 0 radical (unpaired) electrons. The summed E-state index contributed by atoms with van der Waals surface area (Å²) in [5.74, 6) is 0.697. The third-order valence-electron chi connectivity index (χ3n) is 4.01. The topological polar surface area (TPSA) is 88.2 Å². The Labute approximate surface area is 141 Å². The zero-order valence-electron chi connectivity index (χ0n) is 13.3. The van der Waals surface area contributed by atoms with Crippen molar-refractivity contribution in [1.82, 2.24) is 14.1 Å². The Hall–Kier alpha value is -2.37. The van der Waals surface area contributed by atoms with Crippen LogP contribution in [0.15, 0.2) is 41.6 Å². The summed E-state index contributed by atoms with van der Waals surface area (Å²) in [6.45, 7) is 0.830. The molecular weight excluding hydrogens is 328 g/mol. The molecule has 0 N–H and O–H groups in total. The van der Waals surface area contributed by atoms with Crippen molar-refractivity contribution in [1.29, 1.82) is 5.26 Å². The van der Waals surface area contributed by atoms with Crippen LogP contribution in [-0.4, -0.2) is 41.7 Å². The number of hydrogen-bond acceptors (Lipinski definition) is 5. The Morgan fingerprint density at radius 1 is 1.25 bits per heavy atom. The molecule has 0 aliphatic carbocycles. The van der Waals surface area contributed by atoms with Gasteiger partial charge in [0.15, 0.2) is 0 Å². The number of benzene rings is 1. The molecule has 24 heavy (non-hydrogen) atoms. The lowest BCUT2D eigenvalue weighted by Crippen LogP contribution is -2.41. The second kappa shape index (κ2) is 6.63. The van der Waals surface area contributed by atoms with Gasteiger partial charge in [0.25, 0.3) is 0 Å². The number of piperidine rings is 1. The van der Waals surface area contributed by atoms with Crippen LogP contribution in [0.3, 0.4) is 0 Å². The molecule has 0 saturated carbocycles. The van der Waals surface area contributed by atoms with Crippen molar-refractivity contribution in [2.45, 2.75) is 23.8 Å². The maximum Gasteiger partial charge on any atom is 0.246 e. The van der Waals surface area contributed by atoms with Crippen LogP contribution in [0, 0.1) is 11.3 Å². The van der Waals surface area contributed by atoms with E-state index in [1.807, 2.05) is 0 Å². The van der Waals surface area contributed by atoms with Gasteiger partial charge in [0, 0.05) is 26.3 Å². The van der Waals surface area contributed by atoms with Gasteiger partial charge in [0.2, 0.25) is 10.0 Å². The second-order valence-electron chi connectivity index (χ2n) is 5.71. The van der Waals surface area contributed by atoms with Gasteiger partial charge in [-0.1, -0.05) is 0 Å². The van der Waals surface area contributed by atoms with E-state index in [1.165, 1.54) is 21.4 Å². The molecule has 126 valence electrons. The molecule has 1 fully saturated rings. The Bertz CT molecular complexity index is 844. The normalized spacial score (nSPS) is 16.7. The largest absolute Gasteiger partial charge is 0.490 e. The van der Waals surface area contributed by atoms with E-state index in [-0.39, 0.29) is 11.0 Å². The van der Waals surface area contributed by atoms with Gasteiger partial charge in [-0.15, -0.1) is 0 Å². The predicted molar refractivity (Wildman–Crippen MR) is 86.8 cm³/mol. The quantitative estimate of drug-likeness (QED) is 0.837. The first-order chi connectivity index (χ1) is 11.5.